The standard InChI is InChI=1S/C31H34ClN5O2/c1-2-3-4-15-36-28(18-29(38)37-20-27(34-31(36)37)21-9-11-25(32)12-10-21)23-5-7-24(8-6-23)30(39)33-26-19-35-16-13-22(26)14-17-35/h5-12,18,20,22,26H,2-4,13-17,19H2,1H3,(H,33,39). The maximum Gasteiger partial charge on any atom is 0.259 e. The molecule has 2 bridgehead atoms. The van der Waals surface area contributed by atoms with Crippen LogP contribution in [0.2, 0.25) is 5.02 Å². The van der Waals surface area contributed by atoms with Crippen LogP contribution in [-0.2, 0) is 6.54 Å². The number of amides is 1. The molecule has 8 heteroatoms. The minimum atomic E-state index is -0.136. The predicted molar refractivity (Wildman–Crippen MR) is 155 cm³/mol. The highest BCUT2D eigenvalue weighted by molar-refractivity contribution is 6.30. The van der Waals surface area contributed by atoms with E-state index in [0.29, 0.717) is 22.3 Å². The van der Waals surface area contributed by atoms with Crippen LogP contribution in [0.4, 0.5) is 0 Å². The summed E-state index contributed by atoms with van der Waals surface area (Å²) in [6, 6.07) is 17.0. The van der Waals surface area contributed by atoms with Crippen LogP contribution in [0.15, 0.2) is 65.6 Å². The van der Waals surface area contributed by atoms with Gasteiger partial charge >= 0.3 is 0 Å². The highest BCUT2D eigenvalue weighted by Gasteiger charge is 2.35. The second kappa shape index (κ2) is 11.0. The molecule has 1 amide bonds. The van der Waals surface area contributed by atoms with Crippen LogP contribution >= 0.6 is 11.6 Å². The lowest BCUT2D eigenvalue weighted by Gasteiger charge is -2.44. The molecule has 1 atom stereocenters. The summed E-state index contributed by atoms with van der Waals surface area (Å²) in [4.78, 5) is 33.6. The number of halogens is 1. The van der Waals surface area contributed by atoms with Crippen LogP contribution in [-0.4, -0.2) is 50.4 Å². The number of aromatic nitrogens is 3. The number of rotatable bonds is 8. The lowest BCUT2D eigenvalue weighted by Crippen LogP contribution is -2.57. The molecule has 3 aliphatic rings. The maximum absolute atomic E-state index is 13.2. The summed E-state index contributed by atoms with van der Waals surface area (Å²) in [6.45, 7) is 6.16. The molecular weight excluding hydrogens is 510 g/mol. The van der Waals surface area contributed by atoms with Crippen molar-refractivity contribution < 1.29 is 4.79 Å². The fraction of sp³-hybridized carbons (Fsp3) is 0.387. The average Bonchev–Trinajstić information content (AvgIpc) is 3.42. The molecule has 5 heterocycles. The SMILES string of the molecule is CCCCCn1c(-c2ccc(C(=O)NC3CN4CCC3CC4)cc2)cc(=O)n2cc(-c3ccc(Cl)cc3)nc12. The van der Waals surface area contributed by atoms with Crippen molar-refractivity contribution in [2.24, 2.45) is 5.92 Å². The van der Waals surface area contributed by atoms with E-state index in [1.807, 2.05) is 48.5 Å². The Morgan fingerprint density at radius 3 is 2.41 bits per heavy atom. The van der Waals surface area contributed by atoms with Crippen molar-refractivity contribution in [2.75, 3.05) is 19.6 Å². The van der Waals surface area contributed by atoms with Gasteiger partial charge in [0.05, 0.1) is 11.4 Å². The van der Waals surface area contributed by atoms with E-state index in [-0.39, 0.29) is 17.5 Å². The van der Waals surface area contributed by atoms with Crippen molar-refractivity contribution >= 4 is 23.3 Å². The molecule has 7 nitrogen and oxygen atoms in total. The molecule has 0 radical (unpaired) electrons. The quantitative estimate of drug-likeness (QED) is 0.298. The highest BCUT2D eigenvalue weighted by atomic mass is 35.5. The van der Waals surface area contributed by atoms with Crippen LogP contribution in [0.3, 0.4) is 0 Å². The molecule has 4 aromatic rings. The number of aryl methyl sites for hydroxylation is 1. The normalized spacial score (nSPS) is 20.4. The second-order valence-corrected chi connectivity index (χ2v) is 11.3. The maximum atomic E-state index is 13.2. The number of nitrogens with one attached hydrogen (secondary N) is 1. The summed E-state index contributed by atoms with van der Waals surface area (Å²) in [5.41, 5.74) is 3.83. The zero-order valence-corrected chi connectivity index (χ0v) is 23.0. The van der Waals surface area contributed by atoms with Crippen LogP contribution < -0.4 is 10.9 Å². The smallest absolute Gasteiger partial charge is 0.259 e. The summed E-state index contributed by atoms with van der Waals surface area (Å²) in [5.74, 6) is 1.16. The van der Waals surface area contributed by atoms with Gasteiger partial charge in [-0.05, 0) is 68.1 Å². The second-order valence-electron chi connectivity index (χ2n) is 10.8. The number of hydrogen-bond donors (Lipinski definition) is 1. The van der Waals surface area contributed by atoms with E-state index < -0.39 is 0 Å². The number of benzene rings is 2. The van der Waals surface area contributed by atoms with Crippen molar-refractivity contribution in [2.45, 2.75) is 51.6 Å². The van der Waals surface area contributed by atoms with Gasteiger partial charge in [-0.2, -0.15) is 0 Å². The van der Waals surface area contributed by atoms with Gasteiger partial charge < -0.3 is 14.8 Å². The fourth-order valence-corrected chi connectivity index (χ4v) is 6.13. The Hall–Kier alpha value is -3.42. The summed E-state index contributed by atoms with van der Waals surface area (Å²) in [5, 5.41) is 3.93. The molecule has 0 spiro atoms. The molecule has 2 aromatic carbocycles. The first-order chi connectivity index (χ1) is 19.0. The number of piperidine rings is 3. The van der Waals surface area contributed by atoms with Gasteiger partial charge in [-0.1, -0.05) is 55.6 Å². The van der Waals surface area contributed by atoms with E-state index in [1.165, 1.54) is 0 Å². The number of nitrogens with zero attached hydrogens (tertiary/aromatic N) is 4. The summed E-state index contributed by atoms with van der Waals surface area (Å²) in [7, 11) is 0. The van der Waals surface area contributed by atoms with Crippen LogP contribution in [0.5, 0.6) is 0 Å². The Kier molecular flexibility index (Phi) is 7.28. The van der Waals surface area contributed by atoms with Gasteiger partial charge in [-0.25, -0.2) is 4.98 Å². The van der Waals surface area contributed by atoms with Crippen LogP contribution in [0, 0.1) is 5.92 Å². The van der Waals surface area contributed by atoms with Crippen molar-refractivity contribution in [3.05, 3.63) is 81.7 Å². The Labute approximate surface area is 233 Å². The zero-order valence-electron chi connectivity index (χ0n) is 22.3. The number of hydrogen-bond acceptors (Lipinski definition) is 4. The van der Waals surface area contributed by atoms with Crippen molar-refractivity contribution in [3.63, 3.8) is 0 Å². The summed E-state index contributed by atoms with van der Waals surface area (Å²) < 4.78 is 3.74. The predicted octanol–water partition coefficient (Wildman–Crippen LogP) is 5.50. The molecular formula is C31H34ClN5O2. The van der Waals surface area contributed by atoms with Crippen molar-refractivity contribution in [1.29, 1.82) is 0 Å². The van der Waals surface area contributed by atoms with Gasteiger partial charge in [0.1, 0.15) is 0 Å². The zero-order chi connectivity index (χ0) is 26.9. The minimum absolute atomic E-state index is 0.0306. The van der Waals surface area contributed by atoms with E-state index in [9.17, 15) is 9.59 Å². The topological polar surface area (TPSA) is 71.6 Å². The fourth-order valence-electron chi connectivity index (χ4n) is 6.01. The molecule has 0 aliphatic carbocycles. The molecule has 2 aromatic heterocycles. The first kappa shape index (κ1) is 25.8. The molecule has 3 fully saturated rings. The largest absolute Gasteiger partial charge is 0.348 e. The number of imidazole rings is 1. The molecule has 0 saturated carbocycles. The molecule has 7 rings (SSSR count). The average molecular weight is 544 g/mol. The number of unbranched alkanes of at least 4 members (excludes halogenated alkanes) is 2. The van der Waals surface area contributed by atoms with Crippen LogP contribution in [0.25, 0.3) is 28.3 Å². The van der Waals surface area contributed by atoms with Crippen molar-refractivity contribution in [1.82, 2.24) is 24.2 Å². The van der Waals surface area contributed by atoms with Gasteiger partial charge in [0.2, 0.25) is 5.78 Å². The van der Waals surface area contributed by atoms with E-state index in [2.05, 4.69) is 21.7 Å². The van der Waals surface area contributed by atoms with Gasteiger partial charge in [-0.15, -0.1) is 0 Å². The van der Waals surface area contributed by atoms with E-state index in [1.54, 1.807) is 16.7 Å². The molecule has 3 aliphatic heterocycles. The monoisotopic (exact) mass is 543 g/mol. The van der Waals surface area contributed by atoms with Gasteiger partial charge in [0.25, 0.3) is 11.5 Å². The highest BCUT2D eigenvalue weighted by Crippen LogP contribution is 2.28. The lowest BCUT2D eigenvalue weighted by molar-refractivity contribution is 0.0620. The summed E-state index contributed by atoms with van der Waals surface area (Å²) >= 11 is 6.08. The Morgan fingerprint density at radius 1 is 1.03 bits per heavy atom. The minimum Gasteiger partial charge on any atom is -0.348 e. The summed E-state index contributed by atoms with van der Waals surface area (Å²) in [6.07, 6.45) is 7.28. The first-order valence-corrected chi connectivity index (χ1v) is 14.4. The molecule has 202 valence electrons. The molecule has 1 N–H and O–H groups in total. The number of carbonyl (C=O) groups excluding carboxylic acids is 1. The van der Waals surface area contributed by atoms with Crippen molar-refractivity contribution in [3.8, 4) is 22.5 Å². The third kappa shape index (κ3) is 5.25. The third-order valence-electron chi connectivity index (χ3n) is 8.26. The van der Waals surface area contributed by atoms with Gasteiger partial charge in [0.15, 0.2) is 0 Å². The van der Waals surface area contributed by atoms with Gasteiger partial charge in [-0.3, -0.25) is 14.0 Å². The Morgan fingerprint density at radius 2 is 1.74 bits per heavy atom. The van der Waals surface area contributed by atoms with E-state index in [0.717, 1.165) is 80.8 Å². The molecule has 3 saturated heterocycles. The lowest BCUT2D eigenvalue weighted by atomic mass is 9.84. The van der Waals surface area contributed by atoms with Gasteiger partial charge in [0, 0.05) is 47.5 Å². The Balaban J connectivity index is 1.32. The van der Waals surface area contributed by atoms with E-state index in [4.69, 9.17) is 16.6 Å². The molecule has 1 unspecified atom stereocenters. The number of carbonyl (C=O) groups is 1. The third-order valence-corrected chi connectivity index (χ3v) is 8.51. The number of fused-ring (bicyclic) bond motifs is 4. The molecule has 39 heavy (non-hydrogen) atoms. The van der Waals surface area contributed by atoms with Crippen LogP contribution in [0.1, 0.15) is 49.4 Å². The first-order valence-electron chi connectivity index (χ1n) is 14.0. The Bertz CT molecular complexity index is 1530. The van der Waals surface area contributed by atoms with E-state index >= 15 is 0 Å².